The van der Waals surface area contributed by atoms with Crippen LogP contribution in [0.4, 0.5) is 11.4 Å². The third-order valence-corrected chi connectivity index (χ3v) is 5.15. The lowest BCUT2D eigenvalue weighted by Crippen LogP contribution is -2.11. The van der Waals surface area contributed by atoms with Crippen LogP contribution >= 0.6 is 11.3 Å². The first kappa shape index (κ1) is 14.0. The number of anilines is 1. The molecule has 1 heterocycles. The molecule has 102 valence electrons. The lowest BCUT2D eigenvalue weighted by Gasteiger charge is -2.05. The Morgan fingerprint density at radius 2 is 1.85 bits per heavy atom. The predicted octanol–water partition coefficient (Wildman–Crippen LogP) is 2.33. The Kier molecular flexibility index (Phi) is 3.69. The maximum Gasteiger partial charge on any atom is 0.271 e. The number of nitro groups is 1. The number of non-ortho nitro benzene ring substituents is 1. The number of rotatable bonds is 4. The van der Waals surface area contributed by atoms with Gasteiger partial charge in [0.25, 0.3) is 15.7 Å². The van der Waals surface area contributed by atoms with Crippen molar-refractivity contribution in [2.75, 3.05) is 4.72 Å². The Morgan fingerprint density at radius 3 is 2.35 bits per heavy atom. The van der Waals surface area contributed by atoms with Crippen molar-refractivity contribution in [1.29, 1.82) is 5.26 Å². The van der Waals surface area contributed by atoms with E-state index in [-0.39, 0.29) is 20.5 Å². The Morgan fingerprint density at radius 1 is 1.20 bits per heavy atom. The Labute approximate surface area is 118 Å². The second-order valence-corrected chi connectivity index (χ2v) is 6.63. The molecule has 20 heavy (non-hydrogen) atoms. The Bertz CT molecular complexity index is 788. The minimum Gasteiger partial charge on any atom is -0.279 e. The molecule has 0 saturated heterocycles. The molecule has 0 bridgehead atoms. The van der Waals surface area contributed by atoms with E-state index in [1.54, 1.807) is 0 Å². The van der Waals surface area contributed by atoms with Crippen molar-refractivity contribution in [2.45, 2.75) is 4.21 Å². The van der Waals surface area contributed by atoms with Gasteiger partial charge < -0.3 is 0 Å². The van der Waals surface area contributed by atoms with Crippen molar-refractivity contribution < 1.29 is 13.3 Å². The van der Waals surface area contributed by atoms with Gasteiger partial charge in [0, 0.05) is 17.8 Å². The number of thiophene rings is 1. The molecule has 1 aromatic heterocycles. The molecule has 2 rings (SSSR count). The first-order valence-electron chi connectivity index (χ1n) is 5.19. The molecule has 0 spiro atoms. The highest BCUT2D eigenvalue weighted by molar-refractivity contribution is 7.94. The van der Waals surface area contributed by atoms with Crippen LogP contribution in [-0.2, 0) is 10.0 Å². The summed E-state index contributed by atoms with van der Waals surface area (Å²) >= 11 is 0.847. The second kappa shape index (κ2) is 5.28. The van der Waals surface area contributed by atoms with Gasteiger partial charge in [-0.2, -0.15) is 5.26 Å². The number of nitriles is 1. The fourth-order valence-corrected chi connectivity index (χ4v) is 3.54. The molecule has 1 aromatic carbocycles. The van der Waals surface area contributed by atoms with Gasteiger partial charge in [0.1, 0.15) is 15.2 Å². The average molecular weight is 309 g/mol. The van der Waals surface area contributed by atoms with Crippen LogP contribution in [0, 0.1) is 21.4 Å². The molecule has 0 aliphatic carbocycles. The van der Waals surface area contributed by atoms with E-state index in [1.165, 1.54) is 36.4 Å². The van der Waals surface area contributed by atoms with E-state index < -0.39 is 14.9 Å². The molecule has 0 unspecified atom stereocenters. The molecule has 0 fully saturated rings. The summed E-state index contributed by atoms with van der Waals surface area (Å²) in [5, 5.41) is 19.2. The molecule has 7 nitrogen and oxygen atoms in total. The third-order valence-electron chi connectivity index (χ3n) is 2.29. The number of hydrogen-bond donors (Lipinski definition) is 1. The summed E-state index contributed by atoms with van der Waals surface area (Å²) in [6.07, 6.45) is 0. The van der Waals surface area contributed by atoms with E-state index in [0.717, 1.165) is 11.3 Å². The zero-order valence-corrected chi connectivity index (χ0v) is 11.4. The quantitative estimate of drug-likeness (QED) is 0.687. The van der Waals surface area contributed by atoms with E-state index in [4.69, 9.17) is 5.26 Å². The minimum atomic E-state index is -3.79. The molecule has 9 heteroatoms. The second-order valence-electron chi connectivity index (χ2n) is 3.64. The van der Waals surface area contributed by atoms with Crippen LogP contribution in [0.2, 0.25) is 0 Å². The van der Waals surface area contributed by atoms with Crippen LogP contribution in [0.1, 0.15) is 4.88 Å². The van der Waals surface area contributed by atoms with Crippen molar-refractivity contribution in [3.8, 4) is 6.07 Å². The number of sulfonamides is 1. The van der Waals surface area contributed by atoms with Gasteiger partial charge in [-0.05, 0) is 24.3 Å². The van der Waals surface area contributed by atoms with Crippen LogP contribution in [0.5, 0.6) is 0 Å². The van der Waals surface area contributed by atoms with Crippen molar-refractivity contribution >= 4 is 32.7 Å². The lowest BCUT2D eigenvalue weighted by atomic mass is 10.3. The predicted molar refractivity (Wildman–Crippen MR) is 72.9 cm³/mol. The summed E-state index contributed by atoms with van der Waals surface area (Å²) in [7, 11) is -3.79. The van der Waals surface area contributed by atoms with Gasteiger partial charge in [-0.25, -0.2) is 8.42 Å². The normalized spacial score (nSPS) is 10.8. The van der Waals surface area contributed by atoms with Crippen LogP contribution in [0.15, 0.2) is 40.6 Å². The number of benzene rings is 1. The van der Waals surface area contributed by atoms with E-state index in [2.05, 4.69) is 4.72 Å². The van der Waals surface area contributed by atoms with Gasteiger partial charge >= 0.3 is 0 Å². The summed E-state index contributed by atoms with van der Waals surface area (Å²) in [5.74, 6) is 0. The van der Waals surface area contributed by atoms with Gasteiger partial charge in [-0.15, -0.1) is 11.3 Å². The Hall–Kier alpha value is -2.44. The van der Waals surface area contributed by atoms with Crippen molar-refractivity contribution in [3.63, 3.8) is 0 Å². The number of nitrogens with zero attached hydrogens (tertiary/aromatic N) is 2. The largest absolute Gasteiger partial charge is 0.279 e. The number of nitrogens with one attached hydrogen (secondary N) is 1. The van der Waals surface area contributed by atoms with Crippen molar-refractivity contribution in [3.05, 3.63) is 51.4 Å². The van der Waals surface area contributed by atoms with Crippen LogP contribution < -0.4 is 4.72 Å². The SMILES string of the molecule is N#Cc1ccc(S(=O)(=O)Nc2ccc([N+](=O)[O-])cc2)s1. The highest BCUT2D eigenvalue weighted by Crippen LogP contribution is 2.24. The standard InChI is InChI=1S/C11H7N3O4S2/c12-7-10-5-6-11(19-10)20(17,18)13-8-1-3-9(4-2-8)14(15)16/h1-6,13H. The topological polar surface area (TPSA) is 113 Å². The van der Waals surface area contributed by atoms with E-state index in [0.29, 0.717) is 0 Å². The molecule has 0 radical (unpaired) electrons. The molecule has 0 atom stereocenters. The average Bonchev–Trinajstić information content (AvgIpc) is 2.88. The maximum atomic E-state index is 12.0. The van der Waals surface area contributed by atoms with Gasteiger partial charge in [-0.1, -0.05) is 0 Å². The lowest BCUT2D eigenvalue weighted by molar-refractivity contribution is -0.384. The molecular weight excluding hydrogens is 302 g/mol. The van der Waals surface area contributed by atoms with Gasteiger partial charge in [0.2, 0.25) is 0 Å². The molecule has 0 amide bonds. The fraction of sp³-hybridized carbons (Fsp3) is 0. The zero-order chi connectivity index (χ0) is 14.8. The minimum absolute atomic E-state index is 0.00685. The first-order chi connectivity index (χ1) is 9.42. The highest BCUT2D eigenvalue weighted by atomic mass is 32.2. The van der Waals surface area contributed by atoms with E-state index >= 15 is 0 Å². The summed E-state index contributed by atoms with van der Waals surface area (Å²) in [5.41, 5.74) is 0.0818. The molecule has 1 N–H and O–H groups in total. The van der Waals surface area contributed by atoms with Gasteiger partial charge in [0.05, 0.1) is 4.92 Å². The third kappa shape index (κ3) is 2.93. The highest BCUT2D eigenvalue weighted by Gasteiger charge is 2.17. The van der Waals surface area contributed by atoms with Gasteiger partial charge in [0.15, 0.2) is 0 Å². The summed E-state index contributed by atoms with van der Waals surface area (Å²) in [6.45, 7) is 0. The smallest absolute Gasteiger partial charge is 0.271 e. The number of hydrogen-bond acceptors (Lipinski definition) is 6. The monoisotopic (exact) mass is 309 g/mol. The molecule has 0 aliphatic rings. The summed E-state index contributed by atoms with van der Waals surface area (Å²) in [6, 6.07) is 9.60. The Balaban J connectivity index is 2.24. The molecule has 0 aliphatic heterocycles. The van der Waals surface area contributed by atoms with Gasteiger partial charge in [-0.3, -0.25) is 14.8 Å². The molecule has 0 saturated carbocycles. The summed E-state index contributed by atoms with van der Waals surface area (Å²) in [4.78, 5) is 10.2. The molecular formula is C11H7N3O4S2. The molecule has 2 aromatic rings. The fourth-order valence-electron chi connectivity index (χ4n) is 1.38. The summed E-state index contributed by atoms with van der Waals surface area (Å²) < 4.78 is 26.3. The number of nitro benzene ring substituents is 1. The maximum absolute atomic E-state index is 12.0. The van der Waals surface area contributed by atoms with E-state index in [9.17, 15) is 18.5 Å². The zero-order valence-electron chi connectivity index (χ0n) is 9.81. The van der Waals surface area contributed by atoms with Crippen LogP contribution in [0.25, 0.3) is 0 Å². The van der Waals surface area contributed by atoms with Crippen LogP contribution in [-0.4, -0.2) is 13.3 Å². The van der Waals surface area contributed by atoms with Crippen molar-refractivity contribution in [1.82, 2.24) is 0 Å². The van der Waals surface area contributed by atoms with Crippen molar-refractivity contribution in [2.24, 2.45) is 0 Å². The first-order valence-corrected chi connectivity index (χ1v) is 7.49. The van der Waals surface area contributed by atoms with E-state index in [1.807, 2.05) is 6.07 Å². The van der Waals surface area contributed by atoms with Crippen LogP contribution in [0.3, 0.4) is 0 Å².